The number of carbonyl (C=O) groups excluding carboxylic acids is 3. The third-order valence-corrected chi connectivity index (χ3v) is 11.3. The highest BCUT2D eigenvalue weighted by atomic mass is 35.5. The molecule has 2 aliphatic rings. The Kier molecular flexibility index (Phi) is 9.88. The van der Waals surface area contributed by atoms with Gasteiger partial charge in [-0.1, -0.05) is 41.9 Å². The lowest BCUT2D eigenvalue weighted by molar-refractivity contribution is -0.157. The number of esters is 2. The smallest absolute Gasteiger partial charge is 0.329 e. The molecule has 44 heavy (non-hydrogen) atoms. The molecule has 234 valence electrons. The molecule has 14 heteroatoms. The SMILES string of the molecule is CCOC(=O)C1CCN(N=Cc2ccc(CN3C(=O)CN(S(=O)(=O)c4cc5ccc(Cl)cc5s4)C[C@@H]3C(=O)OC)cc2)CC1. The number of amides is 1. The van der Waals surface area contributed by atoms with Gasteiger partial charge in [0.15, 0.2) is 0 Å². The fourth-order valence-corrected chi connectivity index (χ4v) is 8.48. The Morgan fingerprint density at radius 3 is 2.50 bits per heavy atom. The molecule has 1 atom stereocenters. The summed E-state index contributed by atoms with van der Waals surface area (Å²) in [4.78, 5) is 39.4. The molecule has 11 nitrogen and oxygen atoms in total. The Labute approximate surface area is 265 Å². The Morgan fingerprint density at radius 2 is 1.82 bits per heavy atom. The zero-order valence-electron chi connectivity index (χ0n) is 24.3. The van der Waals surface area contributed by atoms with Gasteiger partial charge in [0.05, 0.1) is 32.4 Å². The number of ether oxygens (including phenoxy) is 2. The van der Waals surface area contributed by atoms with Gasteiger partial charge >= 0.3 is 11.9 Å². The second kappa shape index (κ2) is 13.6. The quantitative estimate of drug-likeness (QED) is 0.251. The van der Waals surface area contributed by atoms with E-state index < -0.39 is 34.5 Å². The summed E-state index contributed by atoms with van der Waals surface area (Å²) in [5.74, 6) is -1.44. The van der Waals surface area contributed by atoms with E-state index in [9.17, 15) is 22.8 Å². The zero-order valence-corrected chi connectivity index (χ0v) is 26.7. The number of carbonyl (C=O) groups is 3. The molecular weight excluding hydrogens is 628 g/mol. The average molecular weight is 661 g/mol. The van der Waals surface area contributed by atoms with Crippen LogP contribution in [0.2, 0.25) is 5.02 Å². The molecular formula is C30H33ClN4O7S2. The summed E-state index contributed by atoms with van der Waals surface area (Å²) in [5, 5.41) is 7.67. The molecule has 2 fully saturated rings. The Morgan fingerprint density at radius 1 is 1.09 bits per heavy atom. The number of nitrogens with zero attached hydrogens (tertiary/aromatic N) is 4. The van der Waals surface area contributed by atoms with Crippen LogP contribution in [-0.4, -0.2) is 92.6 Å². The summed E-state index contributed by atoms with van der Waals surface area (Å²) < 4.78 is 39.0. The highest BCUT2D eigenvalue weighted by Crippen LogP contribution is 2.34. The van der Waals surface area contributed by atoms with Crippen LogP contribution >= 0.6 is 22.9 Å². The van der Waals surface area contributed by atoms with Gasteiger partial charge in [0.2, 0.25) is 5.91 Å². The van der Waals surface area contributed by atoms with E-state index in [1.54, 1.807) is 37.4 Å². The zero-order chi connectivity index (χ0) is 31.4. The van der Waals surface area contributed by atoms with Crippen molar-refractivity contribution in [1.82, 2.24) is 14.2 Å². The standard InChI is InChI=1S/C30H33ClN4O7S2/c1-3-42-29(37)22-10-12-33(13-11-22)32-16-20-4-6-21(7-5-20)17-35-25(30(38)41-2)18-34(19-27(35)36)44(39,40)28-14-23-8-9-24(31)15-26(23)43-28/h4-9,14-16,22,25H,3,10-13,17-19H2,1-2H3/t25-/m1/s1. The first-order valence-electron chi connectivity index (χ1n) is 14.2. The van der Waals surface area contributed by atoms with Gasteiger partial charge in [-0.15, -0.1) is 11.3 Å². The Balaban J connectivity index is 1.24. The summed E-state index contributed by atoms with van der Waals surface area (Å²) in [6.45, 7) is 2.98. The number of piperazine rings is 1. The molecule has 0 N–H and O–H groups in total. The van der Waals surface area contributed by atoms with E-state index in [1.165, 1.54) is 12.0 Å². The van der Waals surface area contributed by atoms with Gasteiger partial charge in [0.1, 0.15) is 10.3 Å². The molecule has 2 saturated heterocycles. The van der Waals surface area contributed by atoms with Crippen LogP contribution < -0.4 is 0 Å². The maximum absolute atomic E-state index is 13.5. The summed E-state index contributed by atoms with van der Waals surface area (Å²) in [6, 6.07) is 12.9. The van der Waals surface area contributed by atoms with Crippen LogP contribution in [0.4, 0.5) is 0 Å². The number of halogens is 1. The van der Waals surface area contributed by atoms with Crippen LogP contribution in [0.15, 0.2) is 57.8 Å². The molecule has 1 amide bonds. The third-order valence-electron chi connectivity index (χ3n) is 7.71. The van der Waals surface area contributed by atoms with Crippen molar-refractivity contribution in [3.05, 3.63) is 64.7 Å². The Bertz CT molecular complexity index is 1670. The van der Waals surface area contributed by atoms with Crippen molar-refractivity contribution in [3.63, 3.8) is 0 Å². The van der Waals surface area contributed by atoms with E-state index in [2.05, 4.69) is 5.10 Å². The second-order valence-corrected chi connectivity index (χ2v) is 14.3. The van der Waals surface area contributed by atoms with Crippen LogP contribution in [-0.2, 0) is 40.4 Å². The molecule has 0 aliphatic carbocycles. The van der Waals surface area contributed by atoms with Crippen LogP contribution in [0.5, 0.6) is 0 Å². The second-order valence-electron chi connectivity index (χ2n) is 10.6. The predicted octanol–water partition coefficient (Wildman–Crippen LogP) is 3.74. The van der Waals surface area contributed by atoms with Crippen LogP contribution in [0.25, 0.3) is 10.1 Å². The number of hydrazone groups is 1. The van der Waals surface area contributed by atoms with E-state index >= 15 is 0 Å². The first-order valence-corrected chi connectivity index (χ1v) is 16.8. The molecule has 3 heterocycles. The minimum absolute atomic E-state index is 0.0697. The molecule has 0 unspecified atom stereocenters. The van der Waals surface area contributed by atoms with Gasteiger partial charge < -0.3 is 14.4 Å². The summed E-state index contributed by atoms with van der Waals surface area (Å²) in [6.07, 6.45) is 3.12. The van der Waals surface area contributed by atoms with E-state index in [4.69, 9.17) is 21.1 Å². The molecule has 5 rings (SSSR count). The number of fused-ring (bicyclic) bond motifs is 1. The maximum atomic E-state index is 13.5. The minimum Gasteiger partial charge on any atom is -0.467 e. The van der Waals surface area contributed by atoms with Gasteiger partial charge in [-0.25, -0.2) is 13.2 Å². The lowest BCUT2D eigenvalue weighted by atomic mass is 9.98. The van der Waals surface area contributed by atoms with E-state index in [-0.39, 0.29) is 29.2 Å². The topological polar surface area (TPSA) is 126 Å². The lowest BCUT2D eigenvalue weighted by Gasteiger charge is -2.38. The molecule has 0 spiro atoms. The monoisotopic (exact) mass is 660 g/mol. The van der Waals surface area contributed by atoms with Crippen molar-refractivity contribution in [1.29, 1.82) is 0 Å². The number of piperidine rings is 1. The van der Waals surface area contributed by atoms with Gasteiger partial charge in [0.25, 0.3) is 10.0 Å². The number of hydrogen-bond acceptors (Lipinski definition) is 10. The van der Waals surface area contributed by atoms with Crippen molar-refractivity contribution in [2.45, 2.75) is 36.6 Å². The third kappa shape index (κ3) is 7.06. The fourth-order valence-electron chi connectivity index (χ4n) is 5.26. The van der Waals surface area contributed by atoms with Crippen molar-refractivity contribution in [2.24, 2.45) is 11.0 Å². The van der Waals surface area contributed by atoms with Gasteiger partial charge in [-0.05, 0) is 54.5 Å². The normalized spacial score (nSPS) is 18.7. The highest BCUT2D eigenvalue weighted by molar-refractivity contribution is 7.91. The minimum atomic E-state index is -4.06. The number of benzene rings is 2. The molecule has 3 aromatic rings. The fraction of sp³-hybridized carbons (Fsp3) is 0.400. The predicted molar refractivity (Wildman–Crippen MR) is 167 cm³/mol. The molecule has 0 bridgehead atoms. The summed E-state index contributed by atoms with van der Waals surface area (Å²) in [5.41, 5.74) is 1.61. The number of rotatable bonds is 9. The van der Waals surface area contributed by atoms with E-state index in [0.29, 0.717) is 42.3 Å². The van der Waals surface area contributed by atoms with E-state index in [0.717, 1.165) is 32.2 Å². The molecule has 2 aliphatic heterocycles. The lowest BCUT2D eigenvalue weighted by Crippen LogP contribution is -2.60. The van der Waals surface area contributed by atoms with Crippen LogP contribution in [0.1, 0.15) is 30.9 Å². The van der Waals surface area contributed by atoms with Gasteiger partial charge in [0, 0.05) is 35.9 Å². The number of hydrogen-bond donors (Lipinski definition) is 0. The highest BCUT2D eigenvalue weighted by Gasteiger charge is 2.43. The van der Waals surface area contributed by atoms with Crippen molar-refractivity contribution in [3.8, 4) is 0 Å². The molecule has 2 aromatic carbocycles. The summed E-state index contributed by atoms with van der Waals surface area (Å²) in [7, 11) is -2.85. The first-order chi connectivity index (χ1) is 21.1. The van der Waals surface area contributed by atoms with Gasteiger partial charge in [-0.2, -0.15) is 9.41 Å². The van der Waals surface area contributed by atoms with Gasteiger partial charge in [-0.3, -0.25) is 14.6 Å². The average Bonchev–Trinajstić information content (AvgIpc) is 3.45. The number of methoxy groups -OCH3 is 1. The molecule has 1 aromatic heterocycles. The van der Waals surface area contributed by atoms with Crippen molar-refractivity contribution < 1.29 is 32.3 Å². The number of thiophene rings is 1. The largest absolute Gasteiger partial charge is 0.467 e. The first kappa shape index (κ1) is 31.9. The summed E-state index contributed by atoms with van der Waals surface area (Å²) >= 11 is 7.13. The Hall–Kier alpha value is -3.52. The number of sulfonamides is 1. The van der Waals surface area contributed by atoms with Crippen molar-refractivity contribution >= 4 is 67.1 Å². The van der Waals surface area contributed by atoms with Crippen LogP contribution in [0, 0.1) is 5.92 Å². The van der Waals surface area contributed by atoms with Crippen molar-refractivity contribution in [2.75, 3.05) is 39.9 Å². The maximum Gasteiger partial charge on any atom is 0.329 e. The molecule has 0 saturated carbocycles. The molecule has 0 radical (unpaired) electrons. The van der Waals surface area contributed by atoms with E-state index in [1.807, 2.05) is 29.3 Å². The van der Waals surface area contributed by atoms with Crippen LogP contribution in [0.3, 0.4) is 0 Å².